The molecule has 0 amide bonds. The van der Waals surface area contributed by atoms with Crippen molar-refractivity contribution in [3.8, 4) is 0 Å². The Kier molecular flexibility index (Phi) is 13.0. The lowest BCUT2D eigenvalue weighted by atomic mass is 9.87. The molecule has 0 nitrogen and oxygen atoms in total. The molecule has 0 aliphatic carbocycles. The van der Waals surface area contributed by atoms with Crippen molar-refractivity contribution in [1.82, 2.24) is 0 Å². The number of rotatable bonds is 12. The van der Waals surface area contributed by atoms with E-state index in [1.165, 1.54) is 72.3 Å². The molecule has 0 saturated heterocycles. The van der Waals surface area contributed by atoms with Crippen LogP contribution < -0.4 is 0 Å². The fourth-order valence-corrected chi connectivity index (χ4v) is 6.40. The first-order chi connectivity index (χ1) is 28.3. The minimum Gasteiger partial charge on any atom is -0.0622 e. The van der Waals surface area contributed by atoms with Crippen molar-refractivity contribution in [2.75, 3.05) is 0 Å². The van der Waals surface area contributed by atoms with E-state index in [1.807, 2.05) is 6.07 Å². The molecule has 0 N–H and O–H groups in total. The van der Waals surface area contributed by atoms with E-state index in [4.69, 9.17) is 0 Å². The van der Waals surface area contributed by atoms with Crippen LogP contribution in [-0.2, 0) is 5.41 Å². The summed E-state index contributed by atoms with van der Waals surface area (Å²) in [6.07, 6.45) is 26.0. The minimum atomic E-state index is 0.172. The third kappa shape index (κ3) is 12.0. The molecule has 0 aliphatic heterocycles. The van der Waals surface area contributed by atoms with Crippen LogP contribution in [0.4, 0.5) is 0 Å². The molecule has 58 heavy (non-hydrogen) atoms. The van der Waals surface area contributed by atoms with E-state index in [1.54, 1.807) is 0 Å². The van der Waals surface area contributed by atoms with Crippen molar-refractivity contribution in [2.24, 2.45) is 0 Å². The van der Waals surface area contributed by atoms with Gasteiger partial charge >= 0.3 is 0 Å². The van der Waals surface area contributed by atoms with E-state index in [-0.39, 0.29) is 5.41 Å². The Bertz CT molecular complexity index is 2530. The van der Waals surface area contributed by atoms with Gasteiger partial charge in [-0.05, 0) is 77.7 Å². The van der Waals surface area contributed by atoms with Crippen LogP contribution in [0.3, 0.4) is 0 Å². The largest absolute Gasteiger partial charge is 0.0622 e. The second-order valence-electron chi connectivity index (χ2n) is 15.6. The summed E-state index contributed by atoms with van der Waals surface area (Å²) in [7, 11) is 0. The van der Waals surface area contributed by atoms with E-state index in [0.29, 0.717) is 0 Å². The van der Waals surface area contributed by atoms with Crippen LogP contribution in [0.15, 0.2) is 176 Å². The van der Waals surface area contributed by atoms with Gasteiger partial charge < -0.3 is 0 Å². The number of hydrogen-bond donors (Lipinski definition) is 0. The highest BCUT2D eigenvalue weighted by Crippen LogP contribution is 2.23. The first-order valence-electron chi connectivity index (χ1n) is 20.1. The van der Waals surface area contributed by atoms with Crippen LogP contribution in [-0.4, -0.2) is 0 Å². The molecule has 0 radical (unpaired) electrons. The molecule has 0 atom stereocenters. The molecule has 0 heteroatoms. The maximum absolute atomic E-state index is 2.25. The predicted molar refractivity (Wildman–Crippen MR) is 257 cm³/mol. The Hall–Kier alpha value is -7.02. The zero-order valence-corrected chi connectivity index (χ0v) is 33.7. The molecule has 7 aromatic rings. The Morgan fingerprint density at radius 3 is 0.534 bits per heavy atom. The summed E-state index contributed by atoms with van der Waals surface area (Å²) in [6, 6.07) is 62.5. The topological polar surface area (TPSA) is 0 Å². The second-order valence-corrected chi connectivity index (χ2v) is 15.6. The molecule has 7 aromatic carbocycles. The Labute approximate surface area is 345 Å². The van der Waals surface area contributed by atoms with E-state index >= 15 is 0 Å². The zero-order chi connectivity index (χ0) is 40.0. The first kappa shape index (κ1) is 39.2. The zero-order valence-electron chi connectivity index (χ0n) is 33.7. The molecule has 0 aromatic heterocycles. The first-order valence-corrected chi connectivity index (χ1v) is 20.1. The number of benzene rings is 7. The molecule has 0 heterocycles. The molecule has 282 valence electrons. The lowest BCUT2D eigenvalue weighted by molar-refractivity contribution is 0.590. The third-order valence-electron chi connectivity index (χ3n) is 10.1. The maximum Gasteiger partial charge on any atom is -0.0132 e. The van der Waals surface area contributed by atoms with E-state index in [0.717, 1.165) is 0 Å². The van der Waals surface area contributed by atoms with Gasteiger partial charge in [0.25, 0.3) is 0 Å². The van der Waals surface area contributed by atoms with Crippen LogP contribution in [0.5, 0.6) is 0 Å². The summed E-state index contributed by atoms with van der Waals surface area (Å²) in [6.45, 7) is 6.74. The normalized spacial score (nSPS) is 12.3. The van der Waals surface area contributed by atoms with Crippen molar-refractivity contribution < 1.29 is 0 Å². The lowest BCUT2D eigenvalue weighted by Crippen LogP contribution is -2.10. The van der Waals surface area contributed by atoms with Gasteiger partial charge in [0.2, 0.25) is 0 Å². The van der Waals surface area contributed by atoms with Gasteiger partial charge in [-0.3, -0.25) is 0 Å². The minimum absolute atomic E-state index is 0.172. The van der Waals surface area contributed by atoms with E-state index in [9.17, 15) is 0 Å². The average Bonchev–Trinajstić information content (AvgIpc) is 3.27. The summed E-state index contributed by atoms with van der Waals surface area (Å²) >= 11 is 0. The van der Waals surface area contributed by atoms with Crippen molar-refractivity contribution in [1.29, 1.82) is 0 Å². The highest BCUT2D eigenvalue weighted by molar-refractivity contribution is 5.77. The van der Waals surface area contributed by atoms with Gasteiger partial charge in [0.15, 0.2) is 0 Å². The quantitative estimate of drug-likeness (QED) is 0.109. The fourth-order valence-electron chi connectivity index (χ4n) is 6.40. The molecule has 0 bridgehead atoms. The molecule has 0 saturated carbocycles. The molecule has 0 aliphatic rings. The van der Waals surface area contributed by atoms with Gasteiger partial charge in [-0.1, -0.05) is 270 Å². The molecular formula is C58H50. The van der Waals surface area contributed by atoms with Gasteiger partial charge in [0, 0.05) is 0 Å². The molecule has 0 fully saturated rings. The van der Waals surface area contributed by atoms with E-state index < -0.39 is 0 Å². The summed E-state index contributed by atoms with van der Waals surface area (Å²) in [4.78, 5) is 0. The number of hydrogen-bond acceptors (Lipinski definition) is 0. The monoisotopic (exact) mass is 746 g/mol. The smallest absolute Gasteiger partial charge is 0.0132 e. The summed E-state index contributed by atoms with van der Waals surface area (Å²) in [5.41, 5.74) is 15.7. The highest BCUT2D eigenvalue weighted by Gasteiger charge is 2.12. The van der Waals surface area contributed by atoms with Gasteiger partial charge in [0.1, 0.15) is 0 Å². The van der Waals surface area contributed by atoms with Crippen molar-refractivity contribution in [3.05, 3.63) is 248 Å². The highest BCUT2D eigenvalue weighted by atomic mass is 14.2. The average molecular weight is 747 g/mol. The SMILES string of the molecule is CC(C)(C)c1ccc(/C=C/c2ccc(/C=C/c3ccc(/C=C/c4ccc(/C=C/c5ccc(/C=C/c6ccc(/C=C/c7ccccc7)cc6)cc5)cc4)cc3)cc2)cc1. The standard InChI is InChI=1S/C58H50/c1-58(2,3)57-43-41-56(42-44-57)40-39-55-37-35-54(36-38-55)34-33-53-31-29-52(30-32-53)28-27-51-25-23-50(24-26-51)22-21-49-19-17-48(18-20-49)16-15-47-13-11-46(12-14-47)10-9-45-7-5-4-6-8-45/h4-44H,1-3H3/b10-9+,16-15+,22-21+,28-27+,34-33+,40-39+. The van der Waals surface area contributed by atoms with E-state index in [2.05, 4.69) is 264 Å². The molecule has 0 unspecified atom stereocenters. The van der Waals surface area contributed by atoms with Crippen LogP contribution >= 0.6 is 0 Å². The van der Waals surface area contributed by atoms with Crippen LogP contribution in [0.2, 0.25) is 0 Å². The lowest BCUT2D eigenvalue weighted by Gasteiger charge is -2.18. The summed E-state index contributed by atoms with van der Waals surface area (Å²) < 4.78 is 0. The molecular weight excluding hydrogens is 697 g/mol. The molecule has 7 rings (SSSR count). The Morgan fingerprint density at radius 1 is 0.207 bits per heavy atom. The van der Waals surface area contributed by atoms with Gasteiger partial charge in [-0.15, -0.1) is 0 Å². The maximum atomic E-state index is 2.25. The van der Waals surface area contributed by atoms with Gasteiger partial charge in [0.05, 0.1) is 0 Å². The second kappa shape index (κ2) is 19.2. The third-order valence-corrected chi connectivity index (χ3v) is 10.1. The van der Waals surface area contributed by atoms with Crippen LogP contribution in [0.1, 0.15) is 93.1 Å². The van der Waals surface area contributed by atoms with Crippen molar-refractivity contribution in [2.45, 2.75) is 26.2 Å². The summed E-state index contributed by atoms with van der Waals surface area (Å²) in [5, 5.41) is 0. The summed E-state index contributed by atoms with van der Waals surface area (Å²) in [5.74, 6) is 0. The van der Waals surface area contributed by atoms with Crippen molar-refractivity contribution in [3.63, 3.8) is 0 Å². The van der Waals surface area contributed by atoms with Crippen molar-refractivity contribution >= 4 is 72.9 Å². The Morgan fingerprint density at radius 2 is 0.362 bits per heavy atom. The van der Waals surface area contributed by atoms with Crippen LogP contribution in [0.25, 0.3) is 72.9 Å². The van der Waals surface area contributed by atoms with Gasteiger partial charge in [-0.25, -0.2) is 0 Å². The molecule has 0 spiro atoms. The Balaban J connectivity index is 0.857. The predicted octanol–water partition coefficient (Wildman–Crippen LogP) is 16.0. The fraction of sp³-hybridized carbons (Fsp3) is 0.0690. The van der Waals surface area contributed by atoms with Crippen LogP contribution in [0, 0.1) is 0 Å². The van der Waals surface area contributed by atoms with Gasteiger partial charge in [-0.2, -0.15) is 0 Å².